The molecular weight excluding hydrogens is 645 g/mol. The summed E-state index contributed by atoms with van der Waals surface area (Å²) in [5.74, 6) is 0. The predicted molar refractivity (Wildman–Crippen MR) is 223 cm³/mol. The molecule has 0 spiro atoms. The Balaban J connectivity index is 0.000000289. The van der Waals surface area contributed by atoms with E-state index in [0.29, 0.717) is 5.58 Å². The molecule has 0 aliphatic rings. The highest BCUT2D eigenvalue weighted by atomic mass is 16.4. The van der Waals surface area contributed by atoms with Crippen LogP contribution in [0.2, 0.25) is 0 Å². The second kappa shape index (κ2) is 13.9. The van der Waals surface area contributed by atoms with Gasteiger partial charge < -0.3 is 4.42 Å². The lowest BCUT2D eigenvalue weighted by molar-refractivity contribution is 0.561. The molecule has 9 aromatic carbocycles. The van der Waals surface area contributed by atoms with Gasteiger partial charge in [-0.25, -0.2) is 4.79 Å². The van der Waals surface area contributed by atoms with Crippen molar-refractivity contribution in [3.8, 4) is 44.5 Å². The maximum Gasteiger partial charge on any atom is 0.336 e. The molecule has 0 radical (unpaired) electrons. The molecule has 0 aliphatic heterocycles. The number of benzene rings is 9. The molecule has 0 atom stereocenters. The largest absolute Gasteiger partial charge is 0.423 e. The minimum Gasteiger partial charge on any atom is -0.423 e. The SMILES string of the molecule is O=c1ccc2ccccc2o1.c1ccc(-c2c3ccccc3c(-c3ccccc3)c3c(-c4ccccc4)c4ccccc4c(-c4ccccc4)c23)cc1. The molecule has 2 heteroatoms. The van der Waals surface area contributed by atoms with Gasteiger partial charge in [0.15, 0.2) is 0 Å². The van der Waals surface area contributed by atoms with Gasteiger partial charge in [0.25, 0.3) is 0 Å². The van der Waals surface area contributed by atoms with Crippen LogP contribution in [-0.2, 0) is 0 Å². The van der Waals surface area contributed by atoms with Crippen molar-refractivity contribution in [1.29, 1.82) is 0 Å². The van der Waals surface area contributed by atoms with E-state index in [9.17, 15) is 4.79 Å². The highest BCUT2D eigenvalue weighted by Crippen LogP contribution is 2.53. The van der Waals surface area contributed by atoms with Crippen LogP contribution in [0.1, 0.15) is 0 Å². The Morgan fingerprint density at radius 1 is 0.283 bits per heavy atom. The number of hydrogen-bond donors (Lipinski definition) is 0. The van der Waals surface area contributed by atoms with Gasteiger partial charge in [0.1, 0.15) is 5.58 Å². The van der Waals surface area contributed by atoms with E-state index >= 15 is 0 Å². The van der Waals surface area contributed by atoms with Crippen LogP contribution in [-0.4, -0.2) is 0 Å². The van der Waals surface area contributed by atoms with E-state index in [1.54, 1.807) is 12.1 Å². The number of fused-ring (bicyclic) bond motifs is 4. The van der Waals surface area contributed by atoms with Gasteiger partial charge in [0.05, 0.1) is 0 Å². The van der Waals surface area contributed by atoms with Crippen molar-refractivity contribution in [2.75, 3.05) is 0 Å². The normalized spacial score (nSPS) is 11.1. The van der Waals surface area contributed by atoms with Crippen molar-refractivity contribution >= 4 is 43.3 Å². The summed E-state index contributed by atoms with van der Waals surface area (Å²) in [4.78, 5) is 10.7. The Morgan fingerprint density at radius 3 is 0.943 bits per heavy atom. The molecule has 0 bridgehead atoms. The van der Waals surface area contributed by atoms with Crippen molar-refractivity contribution in [1.82, 2.24) is 0 Å². The van der Waals surface area contributed by atoms with Crippen LogP contribution in [0.5, 0.6) is 0 Å². The third kappa shape index (κ3) is 5.87. The Hall–Kier alpha value is -7.03. The molecule has 0 N–H and O–H groups in total. The Labute approximate surface area is 307 Å². The number of rotatable bonds is 4. The lowest BCUT2D eigenvalue weighted by atomic mass is 9.77. The molecule has 0 saturated heterocycles. The average molecular weight is 679 g/mol. The fraction of sp³-hybridized carbons (Fsp3) is 0. The van der Waals surface area contributed by atoms with Crippen molar-refractivity contribution in [3.05, 3.63) is 217 Å². The standard InChI is InChI=1S/C42H28.C9H6O2/c1-5-17-29(18-6-1)37-33-25-13-14-26-34(33)39(31-21-9-3-10-22-31)42-40(32-23-11-4-12-24-32)36-28-16-15-27-35(36)38(41(37)42)30-19-7-2-8-20-30;10-9-6-5-7-3-1-2-4-8(7)11-9/h1-28H;1-6H. The molecule has 1 heterocycles. The van der Waals surface area contributed by atoms with Crippen molar-refractivity contribution in [3.63, 3.8) is 0 Å². The van der Waals surface area contributed by atoms with Crippen LogP contribution in [0.4, 0.5) is 0 Å². The first-order valence-corrected chi connectivity index (χ1v) is 17.9. The molecule has 2 nitrogen and oxygen atoms in total. The third-order valence-corrected chi connectivity index (χ3v) is 9.96. The average Bonchev–Trinajstić information content (AvgIpc) is 3.23. The molecule has 1 aromatic heterocycles. The fourth-order valence-corrected chi connectivity index (χ4v) is 7.76. The summed E-state index contributed by atoms with van der Waals surface area (Å²) < 4.78 is 4.91. The molecule has 0 unspecified atom stereocenters. The summed E-state index contributed by atoms with van der Waals surface area (Å²) in [6, 6.07) is 72.2. The van der Waals surface area contributed by atoms with Crippen LogP contribution in [0.3, 0.4) is 0 Å². The molecule has 10 aromatic rings. The topological polar surface area (TPSA) is 30.2 Å². The van der Waals surface area contributed by atoms with Crippen molar-refractivity contribution < 1.29 is 4.42 Å². The van der Waals surface area contributed by atoms with Crippen LogP contribution in [0.15, 0.2) is 215 Å². The van der Waals surface area contributed by atoms with Crippen LogP contribution < -0.4 is 5.63 Å². The minimum absolute atomic E-state index is 0.302. The Kier molecular flexibility index (Phi) is 8.40. The van der Waals surface area contributed by atoms with E-state index in [2.05, 4.69) is 170 Å². The van der Waals surface area contributed by atoms with Gasteiger partial charge in [-0.05, 0) is 89.0 Å². The first-order valence-electron chi connectivity index (χ1n) is 17.9. The van der Waals surface area contributed by atoms with Crippen molar-refractivity contribution in [2.45, 2.75) is 0 Å². The highest BCUT2D eigenvalue weighted by molar-refractivity contribution is 6.33. The first-order chi connectivity index (χ1) is 26.3. The zero-order chi connectivity index (χ0) is 35.6. The van der Waals surface area contributed by atoms with Gasteiger partial charge >= 0.3 is 5.63 Å². The van der Waals surface area contributed by atoms with Gasteiger partial charge in [0, 0.05) is 11.5 Å². The second-order valence-electron chi connectivity index (χ2n) is 13.1. The van der Waals surface area contributed by atoms with Crippen molar-refractivity contribution in [2.24, 2.45) is 0 Å². The Bertz CT molecular complexity index is 2610. The first kappa shape index (κ1) is 31.9. The zero-order valence-corrected chi connectivity index (χ0v) is 28.9. The second-order valence-corrected chi connectivity index (χ2v) is 13.1. The lowest BCUT2D eigenvalue weighted by Gasteiger charge is -2.25. The van der Waals surface area contributed by atoms with Gasteiger partial charge in [0.2, 0.25) is 0 Å². The van der Waals surface area contributed by atoms with E-state index in [4.69, 9.17) is 4.42 Å². The zero-order valence-electron chi connectivity index (χ0n) is 28.9. The number of hydrogen-bond acceptors (Lipinski definition) is 2. The predicted octanol–water partition coefficient (Wildman–Crippen LogP) is 13.6. The maximum atomic E-state index is 10.7. The molecule has 250 valence electrons. The summed E-state index contributed by atoms with van der Waals surface area (Å²) in [6.07, 6.45) is 0. The molecule has 0 amide bonds. The highest BCUT2D eigenvalue weighted by Gasteiger charge is 2.25. The monoisotopic (exact) mass is 678 g/mol. The van der Waals surface area contributed by atoms with E-state index in [0.717, 1.165) is 5.39 Å². The van der Waals surface area contributed by atoms with E-state index < -0.39 is 0 Å². The van der Waals surface area contributed by atoms with E-state index in [1.165, 1.54) is 82.9 Å². The van der Waals surface area contributed by atoms with Crippen LogP contribution >= 0.6 is 0 Å². The minimum atomic E-state index is -0.302. The molecular formula is C51H34O2. The summed E-state index contributed by atoms with van der Waals surface area (Å²) in [5, 5.41) is 8.60. The van der Waals surface area contributed by atoms with E-state index in [-0.39, 0.29) is 5.63 Å². The summed E-state index contributed by atoms with van der Waals surface area (Å²) in [5.41, 5.74) is 10.4. The molecule has 10 rings (SSSR count). The summed E-state index contributed by atoms with van der Waals surface area (Å²) >= 11 is 0. The van der Waals surface area contributed by atoms with Gasteiger partial charge in [-0.15, -0.1) is 0 Å². The maximum absolute atomic E-state index is 10.7. The summed E-state index contributed by atoms with van der Waals surface area (Å²) in [6.45, 7) is 0. The molecule has 0 aliphatic carbocycles. The third-order valence-electron chi connectivity index (χ3n) is 9.96. The molecule has 0 saturated carbocycles. The van der Waals surface area contributed by atoms with Gasteiger partial charge in [-0.1, -0.05) is 188 Å². The lowest BCUT2D eigenvalue weighted by Crippen LogP contribution is -1.97. The summed E-state index contributed by atoms with van der Waals surface area (Å²) in [7, 11) is 0. The Morgan fingerprint density at radius 2 is 0.585 bits per heavy atom. The molecule has 53 heavy (non-hydrogen) atoms. The van der Waals surface area contributed by atoms with Crippen LogP contribution in [0, 0.1) is 0 Å². The number of para-hydroxylation sites is 1. The fourth-order valence-electron chi connectivity index (χ4n) is 7.76. The van der Waals surface area contributed by atoms with E-state index in [1.807, 2.05) is 18.2 Å². The molecule has 0 fully saturated rings. The smallest absolute Gasteiger partial charge is 0.336 e. The van der Waals surface area contributed by atoms with Gasteiger partial charge in [-0.3, -0.25) is 0 Å². The quantitative estimate of drug-likeness (QED) is 0.137. The van der Waals surface area contributed by atoms with Gasteiger partial charge in [-0.2, -0.15) is 0 Å². The van der Waals surface area contributed by atoms with Crippen LogP contribution in [0.25, 0.3) is 87.8 Å².